The second-order valence-electron chi connectivity index (χ2n) is 7.95. The molecule has 2 unspecified atom stereocenters. The van der Waals surface area contributed by atoms with Gasteiger partial charge in [0, 0.05) is 0 Å². The van der Waals surface area contributed by atoms with E-state index in [0.717, 1.165) is 32.1 Å². The number of alkyl halides is 1. The molecule has 0 radical (unpaired) electrons. The summed E-state index contributed by atoms with van der Waals surface area (Å²) >= 11 is 0. The van der Waals surface area contributed by atoms with Gasteiger partial charge in [0.2, 0.25) is 5.91 Å². The van der Waals surface area contributed by atoms with Gasteiger partial charge >= 0.3 is 0 Å². The van der Waals surface area contributed by atoms with Gasteiger partial charge in [0.1, 0.15) is 0 Å². The van der Waals surface area contributed by atoms with Crippen molar-refractivity contribution >= 4 is 5.91 Å². The van der Waals surface area contributed by atoms with Gasteiger partial charge in [-0.2, -0.15) is 0 Å². The molecular formula is C19H24FNO. The molecule has 4 aliphatic carbocycles. The van der Waals surface area contributed by atoms with Crippen molar-refractivity contribution in [3.63, 3.8) is 0 Å². The summed E-state index contributed by atoms with van der Waals surface area (Å²) in [6.45, 7) is -0.237. The molecular weight excluding hydrogens is 277 g/mol. The topological polar surface area (TPSA) is 43.1 Å². The molecule has 4 aliphatic rings. The Kier molecular flexibility index (Phi) is 3.11. The fraction of sp³-hybridized carbons (Fsp3) is 0.632. The van der Waals surface area contributed by atoms with Crippen LogP contribution >= 0.6 is 0 Å². The molecule has 1 aromatic carbocycles. The van der Waals surface area contributed by atoms with E-state index in [4.69, 9.17) is 5.73 Å². The van der Waals surface area contributed by atoms with E-state index in [9.17, 15) is 9.18 Å². The molecule has 5 rings (SSSR count). The van der Waals surface area contributed by atoms with Crippen LogP contribution in [-0.4, -0.2) is 12.6 Å². The summed E-state index contributed by atoms with van der Waals surface area (Å²) in [5.41, 5.74) is 6.94. The molecule has 2 N–H and O–H groups in total. The Morgan fingerprint density at radius 3 is 2.32 bits per heavy atom. The molecule has 0 spiro atoms. The quantitative estimate of drug-likeness (QED) is 0.907. The highest BCUT2D eigenvalue weighted by Crippen LogP contribution is 2.67. The van der Waals surface area contributed by atoms with Crippen LogP contribution in [0.15, 0.2) is 30.3 Å². The summed E-state index contributed by atoms with van der Waals surface area (Å²) in [7, 11) is 0. The summed E-state index contributed by atoms with van der Waals surface area (Å²) in [5, 5.41) is 0. The molecule has 22 heavy (non-hydrogen) atoms. The third-order valence-electron chi connectivity index (χ3n) is 6.85. The molecule has 4 saturated carbocycles. The smallest absolute Gasteiger partial charge is 0.223 e. The zero-order valence-corrected chi connectivity index (χ0v) is 12.9. The Morgan fingerprint density at radius 2 is 1.77 bits per heavy atom. The minimum Gasteiger partial charge on any atom is -0.369 e. The van der Waals surface area contributed by atoms with Crippen molar-refractivity contribution in [1.29, 1.82) is 0 Å². The third kappa shape index (κ3) is 1.87. The highest BCUT2D eigenvalue weighted by molar-refractivity contribution is 5.81. The number of halogens is 1. The number of hydrogen-bond donors (Lipinski definition) is 1. The van der Waals surface area contributed by atoms with E-state index in [1.165, 1.54) is 5.56 Å². The molecule has 0 aromatic heterocycles. The number of hydrogen-bond acceptors (Lipinski definition) is 1. The Bertz CT molecular complexity index is 568. The second-order valence-corrected chi connectivity index (χ2v) is 7.95. The van der Waals surface area contributed by atoms with Gasteiger partial charge in [0.05, 0.1) is 12.1 Å². The van der Waals surface area contributed by atoms with Crippen molar-refractivity contribution in [2.75, 3.05) is 6.67 Å². The Balaban J connectivity index is 1.76. The van der Waals surface area contributed by atoms with Gasteiger partial charge in [-0.1, -0.05) is 30.3 Å². The summed E-state index contributed by atoms with van der Waals surface area (Å²) in [4.78, 5) is 12.2. The molecule has 0 saturated heterocycles. The Labute approximate surface area is 131 Å². The largest absolute Gasteiger partial charge is 0.369 e. The van der Waals surface area contributed by atoms with Crippen molar-refractivity contribution in [2.45, 2.75) is 43.9 Å². The third-order valence-corrected chi connectivity index (χ3v) is 6.85. The van der Waals surface area contributed by atoms with Crippen LogP contribution in [0, 0.1) is 23.2 Å². The first kappa shape index (κ1) is 14.2. The van der Waals surface area contributed by atoms with Gasteiger partial charge in [-0.25, -0.2) is 0 Å². The number of nitrogens with two attached hydrogens (primary N) is 1. The van der Waals surface area contributed by atoms with Gasteiger partial charge < -0.3 is 5.73 Å². The lowest BCUT2D eigenvalue weighted by Crippen LogP contribution is -2.61. The summed E-state index contributed by atoms with van der Waals surface area (Å²) in [6, 6.07) is 10.6. The van der Waals surface area contributed by atoms with Crippen LogP contribution in [0.3, 0.4) is 0 Å². The fourth-order valence-corrected chi connectivity index (χ4v) is 6.26. The van der Waals surface area contributed by atoms with E-state index in [2.05, 4.69) is 24.3 Å². The monoisotopic (exact) mass is 301 g/mol. The van der Waals surface area contributed by atoms with Gasteiger partial charge in [-0.3, -0.25) is 9.18 Å². The predicted molar refractivity (Wildman–Crippen MR) is 83.9 cm³/mol. The standard InChI is InChI=1S/C19H24FNO/c20-7-6-16-13-8-18(15-4-2-1-3-5-15)9-14(16)11-19(10-13,12-18)17(21)22/h1-5,13-14,16H,6-12H2,(H2,21,22). The van der Waals surface area contributed by atoms with Crippen molar-refractivity contribution in [3.8, 4) is 0 Å². The second kappa shape index (κ2) is 4.81. The van der Waals surface area contributed by atoms with Crippen molar-refractivity contribution in [2.24, 2.45) is 28.9 Å². The van der Waals surface area contributed by atoms with E-state index in [1.54, 1.807) is 0 Å². The molecule has 4 bridgehead atoms. The SMILES string of the molecule is NC(=O)C12CC3CC(c4ccccc4)(CC(C1)C3CCF)C2. The maximum absolute atomic E-state index is 13.0. The summed E-state index contributed by atoms with van der Waals surface area (Å²) in [6.07, 6.45) is 5.54. The highest BCUT2D eigenvalue weighted by atomic mass is 19.1. The van der Waals surface area contributed by atoms with Crippen LogP contribution in [0.25, 0.3) is 0 Å². The van der Waals surface area contributed by atoms with Crippen LogP contribution in [0.1, 0.15) is 44.1 Å². The lowest BCUT2D eigenvalue weighted by Gasteiger charge is -2.64. The zero-order valence-electron chi connectivity index (χ0n) is 12.9. The Hall–Kier alpha value is -1.38. The maximum Gasteiger partial charge on any atom is 0.223 e. The number of rotatable bonds is 4. The lowest BCUT2D eigenvalue weighted by atomic mass is 9.40. The van der Waals surface area contributed by atoms with Gasteiger partial charge in [-0.05, 0) is 67.3 Å². The maximum atomic E-state index is 13.0. The number of amides is 1. The van der Waals surface area contributed by atoms with Crippen LogP contribution in [-0.2, 0) is 10.2 Å². The lowest BCUT2D eigenvalue weighted by molar-refractivity contribution is -0.155. The number of carbonyl (C=O) groups excluding carboxylic acids is 1. The first-order valence-electron chi connectivity index (χ1n) is 8.50. The Morgan fingerprint density at radius 1 is 1.14 bits per heavy atom. The van der Waals surface area contributed by atoms with E-state index < -0.39 is 0 Å². The van der Waals surface area contributed by atoms with Crippen LogP contribution in [0.2, 0.25) is 0 Å². The molecule has 118 valence electrons. The van der Waals surface area contributed by atoms with Crippen LogP contribution in [0.4, 0.5) is 4.39 Å². The molecule has 0 heterocycles. The molecule has 4 fully saturated rings. The number of primary amides is 1. The molecule has 2 nitrogen and oxygen atoms in total. The average Bonchev–Trinajstić information content (AvgIpc) is 2.51. The predicted octanol–water partition coefficient (Wildman–Crippen LogP) is 3.60. The molecule has 1 aromatic rings. The van der Waals surface area contributed by atoms with E-state index >= 15 is 0 Å². The number of carbonyl (C=O) groups is 1. The minimum atomic E-state index is -0.339. The fourth-order valence-electron chi connectivity index (χ4n) is 6.26. The van der Waals surface area contributed by atoms with E-state index in [0.29, 0.717) is 24.2 Å². The van der Waals surface area contributed by atoms with Crippen LogP contribution in [0.5, 0.6) is 0 Å². The van der Waals surface area contributed by atoms with E-state index in [1.807, 2.05) is 6.07 Å². The van der Waals surface area contributed by atoms with Gasteiger partial charge in [-0.15, -0.1) is 0 Å². The highest BCUT2D eigenvalue weighted by Gasteiger charge is 2.63. The average molecular weight is 301 g/mol. The molecule has 2 atom stereocenters. The minimum absolute atomic E-state index is 0.0922. The first-order valence-corrected chi connectivity index (χ1v) is 8.50. The summed E-state index contributed by atoms with van der Waals surface area (Å²) in [5.74, 6) is 1.25. The number of benzene rings is 1. The van der Waals surface area contributed by atoms with Crippen LogP contribution < -0.4 is 5.73 Å². The van der Waals surface area contributed by atoms with Gasteiger partial charge in [0.25, 0.3) is 0 Å². The van der Waals surface area contributed by atoms with Gasteiger partial charge in [0.15, 0.2) is 0 Å². The summed E-state index contributed by atoms with van der Waals surface area (Å²) < 4.78 is 13.0. The van der Waals surface area contributed by atoms with Crippen molar-refractivity contribution in [1.82, 2.24) is 0 Å². The molecule has 3 heteroatoms. The molecule has 1 amide bonds. The van der Waals surface area contributed by atoms with Crippen molar-refractivity contribution in [3.05, 3.63) is 35.9 Å². The normalized spacial score (nSPS) is 42.5. The van der Waals surface area contributed by atoms with Crippen molar-refractivity contribution < 1.29 is 9.18 Å². The zero-order chi connectivity index (χ0) is 15.4. The molecule has 0 aliphatic heterocycles. The first-order chi connectivity index (χ1) is 10.6. The van der Waals surface area contributed by atoms with E-state index in [-0.39, 0.29) is 23.4 Å².